The average Bonchev–Trinajstić information content (AvgIpc) is 3.30. The van der Waals surface area contributed by atoms with Gasteiger partial charge in [-0.3, -0.25) is 0 Å². The Balaban J connectivity index is 1.41. The first kappa shape index (κ1) is 17.9. The Hall–Kier alpha value is -2.54. The molecule has 7 nitrogen and oxygen atoms in total. The molecule has 0 spiro atoms. The van der Waals surface area contributed by atoms with Crippen molar-refractivity contribution in [2.45, 2.75) is 12.8 Å². The SMILES string of the molecule is CNc1ncc(-c2ccc(OC)c(OCCCN3CC4CC4C3)c2)c(N)n1. The third kappa shape index (κ3) is 3.93. The number of fused-ring (bicyclic) bond motifs is 1. The van der Waals surface area contributed by atoms with Crippen LogP contribution in [0.5, 0.6) is 11.5 Å². The predicted octanol–water partition coefficient (Wildman–Crippen LogP) is 2.50. The second-order valence-corrected chi connectivity index (χ2v) is 7.33. The number of anilines is 2. The number of methoxy groups -OCH3 is 1. The second kappa shape index (κ2) is 7.60. The fourth-order valence-electron chi connectivity index (χ4n) is 3.84. The zero-order chi connectivity index (χ0) is 18.8. The topological polar surface area (TPSA) is 85.5 Å². The van der Waals surface area contributed by atoms with Crippen molar-refractivity contribution in [2.75, 3.05) is 51.4 Å². The van der Waals surface area contributed by atoms with Crippen molar-refractivity contribution in [3.05, 3.63) is 24.4 Å². The van der Waals surface area contributed by atoms with Gasteiger partial charge in [-0.25, -0.2) is 4.98 Å². The van der Waals surface area contributed by atoms with Crippen LogP contribution in [0.3, 0.4) is 0 Å². The number of aromatic nitrogens is 2. The molecule has 1 saturated carbocycles. The van der Waals surface area contributed by atoms with Gasteiger partial charge in [0.05, 0.1) is 13.7 Å². The fraction of sp³-hybridized carbons (Fsp3) is 0.500. The molecule has 1 aliphatic heterocycles. The van der Waals surface area contributed by atoms with Gasteiger partial charge in [-0.1, -0.05) is 6.07 Å². The molecule has 144 valence electrons. The summed E-state index contributed by atoms with van der Waals surface area (Å²) < 4.78 is 11.5. The van der Waals surface area contributed by atoms with Crippen molar-refractivity contribution in [1.82, 2.24) is 14.9 Å². The molecule has 1 saturated heterocycles. The van der Waals surface area contributed by atoms with E-state index in [1.54, 1.807) is 20.4 Å². The molecule has 27 heavy (non-hydrogen) atoms. The third-order valence-corrected chi connectivity index (χ3v) is 5.45. The number of piperidine rings is 1. The quantitative estimate of drug-likeness (QED) is 0.692. The van der Waals surface area contributed by atoms with E-state index in [0.717, 1.165) is 41.7 Å². The summed E-state index contributed by atoms with van der Waals surface area (Å²) in [4.78, 5) is 11.1. The van der Waals surface area contributed by atoms with Gasteiger partial charge in [0.2, 0.25) is 5.95 Å². The van der Waals surface area contributed by atoms with E-state index >= 15 is 0 Å². The van der Waals surface area contributed by atoms with E-state index < -0.39 is 0 Å². The molecule has 2 unspecified atom stereocenters. The van der Waals surface area contributed by atoms with Gasteiger partial charge in [0, 0.05) is 38.4 Å². The normalized spacial score (nSPS) is 21.0. The van der Waals surface area contributed by atoms with Gasteiger partial charge >= 0.3 is 0 Å². The minimum absolute atomic E-state index is 0.429. The summed E-state index contributed by atoms with van der Waals surface area (Å²) in [5, 5.41) is 2.89. The molecule has 1 aliphatic carbocycles. The number of nitrogens with zero attached hydrogens (tertiary/aromatic N) is 3. The molecule has 0 bridgehead atoms. The highest BCUT2D eigenvalue weighted by molar-refractivity contribution is 5.75. The van der Waals surface area contributed by atoms with Crippen LogP contribution in [0.15, 0.2) is 24.4 Å². The Morgan fingerprint density at radius 3 is 2.78 bits per heavy atom. The number of likely N-dealkylation sites (tertiary alicyclic amines) is 1. The number of nitrogen functional groups attached to an aromatic ring is 1. The first-order chi connectivity index (χ1) is 13.2. The van der Waals surface area contributed by atoms with E-state index in [-0.39, 0.29) is 0 Å². The summed E-state index contributed by atoms with van der Waals surface area (Å²) in [5.74, 6) is 4.32. The molecular weight excluding hydrogens is 342 g/mol. The van der Waals surface area contributed by atoms with Crippen molar-refractivity contribution in [1.29, 1.82) is 0 Å². The van der Waals surface area contributed by atoms with Crippen molar-refractivity contribution >= 4 is 11.8 Å². The van der Waals surface area contributed by atoms with Crippen LogP contribution >= 0.6 is 0 Å². The van der Waals surface area contributed by atoms with Crippen LogP contribution in [-0.4, -0.2) is 55.3 Å². The van der Waals surface area contributed by atoms with Crippen LogP contribution in [0.4, 0.5) is 11.8 Å². The van der Waals surface area contributed by atoms with Crippen molar-refractivity contribution < 1.29 is 9.47 Å². The number of benzene rings is 1. The Morgan fingerprint density at radius 1 is 1.26 bits per heavy atom. The summed E-state index contributed by atoms with van der Waals surface area (Å²) in [5.41, 5.74) is 7.77. The van der Waals surface area contributed by atoms with Gasteiger partial charge in [0.15, 0.2) is 11.5 Å². The molecular formula is C20H27N5O2. The second-order valence-electron chi connectivity index (χ2n) is 7.33. The zero-order valence-corrected chi connectivity index (χ0v) is 15.9. The lowest BCUT2D eigenvalue weighted by Gasteiger charge is -2.18. The third-order valence-electron chi connectivity index (χ3n) is 5.45. The summed E-state index contributed by atoms with van der Waals surface area (Å²) in [6.45, 7) is 4.30. The Morgan fingerprint density at radius 2 is 2.07 bits per heavy atom. The van der Waals surface area contributed by atoms with Crippen molar-refractivity contribution in [3.63, 3.8) is 0 Å². The molecule has 1 aromatic heterocycles. The van der Waals surface area contributed by atoms with Crippen LogP contribution < -0.4 is 20.5 Å². The van der Waals surface area contributed by atoms with Crippen LogP contribution in [0.1, 0.15) is 12.8 Å². The predicted molar refractivity (Wildman–Crippen MR) is 106 cm³/mol. The summed E-state index contributed by atoms with van der Waals surface area (Å²) in [7, 11) is 3.41. The summed E-state index contributed by atoms with van der Waals surface area (Å²) in [6.07, 6.45) is 4.17. The average molecular weight is 369 g/mol. The molecule has 7 heteroatoms. The number of nitrogens with one attached hydrogen (secondary N) is 1. The first-order valence-electron chi connectivity index (χ1n) is 9.51. The van der Waals surface area contributed by atoms with E-state index in [4.69, 9.17) is 15.2 Å². The highest BCUT2D eigenvalue weighted by atomic mass is 16.5. The lowest BCUT2D eigenvalue weighted by molar-refractivity contribution is 0.243. The zero-order valence-electron chi connectivity index (χ0n) is 15.9. The number of hydrogen-bond donors (Lipinski definition) is 2. The molecule has 0 radical (unpaired) electrons. The van der Waals surface area contributed by atoms with Gasteiger partial charge in [0.1, 0.15) is 5.82 Å². The Kier molecular flexibility index (Phi) is 5.03. The maximum absolute atomic E-state index is 6.09. The molecule has 4 rings (SSSR count). The highest BCUT2D eigenvalue weighted by Crippen LogP contribution is 2.44. The fourth-order valence-corrected chi connectivity index (χ4v) is 3.84. The minimum Gasteiger partial charge on any atom is -0.493 e. The Labute approximate surface area is 159 Å². The maximum atomic E-state index is 6.09. The molecule has 2 aromatic rings. The monoisotopic (exact) mass is 369 g/mol. The molecule has 2 fully saturated rings. The van der Waals surface area contributed by atoms with Crippen molar-refractivity contribution in [3.8, 4) is 22.6 Å². The number of rotatable bonds is 8. The van der Waals surface area contributed by atoms with E-state index in [1.165, 1.54) is 19.5 Å². The molecule has 0 amide bonds. The lowest BCUT2D eigenvalue weighted by atomic mass is 10.1. The van der Waals surface area contributed by atoms with Gasteiger partial charge in [-0.05, 0) is 42.4 Å². The van der Waals surface area contributed by atoms with Crippen LogP contribution in [0.25, 0.3) is 11.1 Å². The molecule has 2 aliphatic rings. The van der Waals surface area contributed by atoms with E-state index in [9.17, 15) is 0 Å². The van der Waals surface area contributed by atoms with Crippen LogP contribution in [-0.2, 0) is 0 Å². The van der Waals surface area contributed by atoms with Gasteiger partial charge in [-0.15, -0.1) is 0 Å². The summed E-state index contributed by atoms with van der Waals surface area (Å²) >= 11 is 0. The molecule has 3 N–H and O–H groups in total. The highest BCUT2D eigenvalue weighted by Gasteiger charge is 2.44. The lowest BCUT2D eigenvalue weighted by Crippen LogP contribution is -2.25. The van der Waals surface area contributed by atoms with Gasteiger partial charge < -0.3 is 25.4 Å². The minimum atomic E-state index is 0.429. The maximum Gasteiger partial charge on any atom is 0.224 e. The van der Waals surface area contributed by atoms with E-state index in [2.05, 4.69) is 20.2 Å². The molecule has 1 aromatic carbocycles. The van der Waals surface area contributed by atoms with E-state index in [0.29, 0.717) is 24.1 Å². The standard InChI is InChI=1S/C20H27N5O2/c1-22-20-23-10-16(19(21)24-20)13-4-5-17(26-2)18(9-13)27-7-3-6-25-11-14-8-15(14)12-25/h4-5,9-10,14-15H,3,6-8,11-12H2,1-2H3,(H3,21,22,23,24). The van der Waals surface area contributed by atoms with Crippen LogP contribution in [0, 0.1) is 11.8 Å². The molecule has 2 atom stereocenters. The van der Waals surface area contributed by atoms with Crippen LogP contribution in [0.2, 0.25) is 0 Å². The van der Waals surface area contributed by atoms with Crippen molar-refractivity contribution in [2.24, 2.45) is 11.8 Å². The smallest absolute Gasteiger partial charge is 0.224 e. The van der Waals surface area contributed by atoms with Gasteiger partial charge in [-0.2, -0.15) is 4.98 Å². The first-order valence-corrected chi connectivity index (χ1v) is 9.51. The van der Waals surface area contributed by atoms with E-state index in [1.807, 2.05) is 18.2 Å². The largest absolute Gasteiger partial charge is 0.493 e. The number of nitrogens with two attached hydrogens (primary N) is 1. The number of hydrogen-bond acceptors (Lipinski definition) is 7. The number of ether oxygens (including phenoxy) is 2. The van der Waals surface area contributed by atoms with Gasteiger partial charge in [0.25, 0.3) is 0 Å². The Bertz CT molecular complexity index is 803. The summed E-state index contributed by atoms with van der Waals surface area (Å²) in [6, 6.07) is 5.78. The molecule has 2 heterocycles.